The fourth-order valence-electron chi connectivity index (χ4n) is 1.72. The van der Waals surface area contributed by atoms with Crippen LogP contribution in [0.3, 0.4) is 0 Å². The fraction of sp³-hybridized carbons (Fsp3) is 0.850. The molecular weight excluding hydrogens is 348 g/mol. The molecule has 2 amide bonds. The average Bonchev–Trinajstić information content (AvgIpc) is 3.41. The summed E-state index contributed by atoms with van der Waals surface area (Å²) >= 11 is 0. The molecule has 1 aliphatic rings. The molecule has 1 aliphatic heterocycles. The minimum atomic E-state index is -0.238. The Morgan fingerprint density at radius 2 is 1.70 bits per heavy atom. The molecule has 27 heavy (non-hydrogen) atoms. The standard InChI is InChI=1S/C11H23NO2.C5H7NO3.C4H10/c1-9(2)6-4-5-7-11(14)12-10(3)8-13;7-3-6-1-4(8)5-2-9-5;1-4(2)3/h9-10,13H,4-8H2,1-3H3,(H,12,14);3,5H,1-2H2,(H,6,7);4H,1-3H3. The topological polar surface area (TPSA) is 108 Å². The van der Waals surface area contributed by atoms with Crippen molar-refractivity contribution in [1.82, 2.24) is 10.6 Å². The van der Waals surface area contributed by atoms with Gasteiger partial charge in [-0.1, -0.05) is 47.5 Å². The minimum absolute atomic E-state index is 0.0116. The molecule has 0 aromatic carbocycles. The molecule has 160 valence electrons. The fourth-order valence-corrected chi connectivity index (χ4v) is 1.72. The van der Waals surface area contributed by atoms with E-state index in [1.165, 1.54) is 6.42 Å². The van der Waals surface area contributed by atoms with Gasteiger partial charge in [0, 0.05) is 12.5 Å². The summed E-state index contributed by atoms with van der Waals surface area (Å²) in [6.07, 6.45) is 4.08. The Morgan fingerprint density at radius 3 is 2.11 bits per heavy atom. The first-order chi connectivity index (χ1) is 12.6. The maximum atomic E-state index is 11.2. The lowest BCUT2D eigenvalue weighted by Crippen LogP contribution is -2.34. The first-order valence-corrected chi connectivity index (χ1v) is 9.85. The molecule has 0 aromatic rings. The van der Waals surface area contributed by atoms with Gasteiger partial charge in [0.15, 0.2) is 5.78 Å². The summed E-state index contributed by atoms with van der Waals surface area (Å²) in [5, 5.41) is 13.7. The van der Waals surface area contributed by atoms with Crippen molar-refractivity contribution in [3.05, 3.63) is 0 Å². The van der Waals surface area contributed by atoms with Crippen molar-refractivity contribution in [2.75, 3.05) is 19.8 Å². The normalized spacial score (nSPS) is 15.7. The molecule has 1 rings (SSSR count). The highest BCUT2D eigenvalue weighted by molar-refractivity contribution is 5.88. The number of nitrogens with one attached hydrogen (secondary N) is 2. The number of carbonyl (C=O) groups is 3. The number of carbonyl (C=O) groups excluding carboxylic acids is 3. The van der Waals surface area contributed by atoms with Gasteiger partial charge in [-0.15, -0.1) is 0 Å². The van der Waals surface area contributed by atoms with E-state index in [0.29, 0.717) is 19.4 Å². The van der Waals surface area contributed by atoms with Gasteiger partial charge in [-0.2, -0.15) is 0 Å². The van der Waals surface area contributed by atoms with Gasteiger partial charge in [0.1, 0.15) is 6.10 Å². The van der Waals surface area contributed by atoms with E-state index in [1.807, 2.05) is 0 Å². The second-order valence-electron chi connectivity index (χ2n) is 7.81. The molecule has 7 heteroatoms. The monoisotopic (exact) mass is 388 g/mol. The number of hydrogen-bond acceptors (Lipinski definition) is 5. The highest BCUT2D eigenvalue weighted by atomic mass is 16.6. The van der Waals surface area contributed by atoms with Crippen LogP contribution in [0.2, 0.25) is 0 Å². The predicted molar refractivity (Wildman–Crippen MR) is 107 cm³/mol. The second-order valence-corrected chi connectivity index (χ2v) is 7.81. The number of unbranched alkanes of at least 4 members (excludes halogenated alkanes) is 1. The van der Waals surface area contributed by atoms with E-state index in [9.17, 15) is 14.4 Å². The van der Waals surface area contributed by atoms with Gasteiger partial charge in [0.05, 0.1) is 19.8 Å². The third kappa shape index (κ3) is 24.5. The van der Waals surface area contributed by atoms with Crippen LogP contribution in [0.15, 0.2) is 0 Å². The maximum absolute atomic E-state index is 11.2. The van der Waals surface area contributed by atoms with Gasteiger partial charge in [-0.3, -0.25) is 14.4 Å². The molecule has 0 bridgehead atoms. The lowest BCUT2D eigenvalue weighted by atomic mass is 10.1. The van der Waals surface area contributed by atoms with Crippen molar-refractivity contribution in [2.24, 2.45) is 11.8 Å². The lowest BCUT2D eigenvalue weighted by Gasteiger charge is -2.10. The molecule has 0 radical (unpaired) electrons. The Balaban J connectivity index is 0. The highest BCUT2D eigenvalue weighted by Gasteiger charge is 2.30. The van der Waals surface area contributed by atoms with Crippen molar-refractivity contribution < 1.29 is 24.2 Å². The van der Waals surface area contributed by atoms with E-state index in [2.05, 4.69) is 50.0 Å². The molecule has 1 heterocycles. The molecule has 7 nitrogen and oxygen atoms in total. The summed E-state index contributed by atoms with van der Waals surface area (Å²) in [7, 11) is 0. The molecule has 2 atom stereocenters. The number of rotatable bonds is 11. The van der Waals surface area contributed by atoms with E-state index >= 15 is 0 Å². The summed E-state index contributed by atoms with van der Waals surface area (Å²) < 4.78 is 4.66. The summed E-state index contributed by atoms with van der Waals surface area (Å²) in [6, 6.07) is -0.118. The highest BCUT2D eigenvalue weighted by Crippen LogP contribution is 2.08. The van der Waals surface area contributed by atoms with Crippen LogP contribution < -0.4 is 10.6 Å². The Kier molecular flexibility index (Phi) is 18.4. The number of ketones is 1. The molecule has 2 unspecified atom stereocenters. The number of hydrogen-bond donors (Lipinski definition) is 3. The Hall–Kier alpha value is -1.47. The Bertz CT molecular complexity index is 393. The molecule has 1 saturated heterocycles. The zero-order valence-corrected chi connectivity index (χ0v) is 17.9. The second kappa shape index (κ2) is 17.9. The van der Waals surface area contributed by atoms with E-state index in [-0.39, 0.29) is 37.0 Å². The average molecular weight is 389 g/mol. The van der Waals surface area contributed by atoms with E-state index in [0.717, 1.165) is 24.7 Å². The summed E-state index contributed by atoms with van der Waals surface area (Å²) in [6.45, 7) is 13.3. The van der Waals surface area contributed by atoms with Crippen LogP contribution in [0.1, 0.15) is 67.2 Å². The SMILES string of the molecule is CC(C)C.CC(C)CCCCC(=O)NC(C)CO.O=CNCC(=O)C1CO1. The molecule has 0 aromatic heterocycles. The molecule has 0 aliphatic carbocycles. The van der Waals surface area contributed by atoms with Gasteiger partial charge < -0.3 is 20.5 Å². The number of aliphatic hydroxyl groups excluding tert-OH is 1. The van der Waals surface area contributed by atoms with E-state index in [4.69, 9.17) is 5.11 Å². The quantitative estimate of drug-likeness (QED) is 0.285. The number of aliphatic hydroxyl groups is 1. The zero-order chi connectivity index (χ0) is 21.2. The van der Waals surface area contributed by atoms with Gasteiger partial charge in [0.2, 0.25) is 12.3 Å². The first kappa shape index (κ1) is 27.7. The summed E-state index contributed by atoms with van der Waals surface area (Å²) in [5.74, 6) is 1.55. The van der Waals surface area contributed by atoms with Crippen LogP contribution in [0.5, 0.6) is 0 Å². The van der Waals surface area contributed by atoms with Gasteiger partial charge in [0.25, 0.3) is 0 Å². The smallest absolute Gasteiger partial charge is 0.220 e. The van der Waals surface area contributed by atoms with Crippen LogP contribution in [0.4, 0.5) is 0 Å². The van der Waals surface area contributed by atoms with Gasteiger partial charge in [-0.05, 0) is 25.2 Å². The number of ether oxygens (including phenoxy) is 1. The van der Waals surface area contributed by atoms with Crippen LogP contribution in [-0.4, -0.2) is 55.1 Å². The maximum Gasteiger partial charge on any atom is 0.220 e. The van der Waals surface area contributed by atoms with Crippen molar-refractivity contribution in [2.45, 2.75) is 79.4 Å². The Morgan fingerprint density at radius 1 is 1.15 bits per heavy atom. The number of Topliss-reactive ketones (excluding diaryl/α,β-unsaturated/α-hetero) is 1. The van der Waals surface area contributed by atoms with E-state index in [1.54, 1.807) is 6.92 Å². The van der Waals surface area contributed by atoms with Crippen molar-refractivity contribution in [3.63, 3.8) is 0 Å². The lowest BCUT2D eigenvalue weighted by molar-refractivity contribution is -0.122. The Labute approximate surface area is 164 Å². The van der Waals surface area contributed by atoms with Crippen LogP contribution in [0.25, 0.3) is 0 Å². The number of amides is 2. The van der Waals surface area contributed by atoms with Crippen LogP contribution in [-0.2, 0) is 19.1 Å². The molecular formula is C20H40N2O5. The minimum Gasteiger partial charge on any atom is -0.394 e. The van der Waals surface area contributed by atoms with Crippen LogP contribution >= 0.6 is 0 Å². The van der Waals surface area contributed by atoms with E-state index < -0.39 is 0 Å². The third-order valence-electron chi connectivity index (χ3n) is 3.17. The molecule has 0 spiro atoms. The van der Waals surface area contributed by atoms with Crippen molar-refractivity contribution >= 4 is 18.1 Å². The molecule has 1 fully saturated rings. The van der Waals surface area contributed by atoms with Gasteiger partial charge in [-0.25, -0.2) is 0 Å². The third-order valence-corrected chi connectivity index (χ3v) is 3.17. The van der Waals surface area contributed by atoms with Gasteiger partial charge >= 0.3 is 0 Å². The van der Waals surface area contributed by atoms with Crippen molar-refractivity contribution in [3.8, 4) is 0 Å². The zero-order valence-electron chi connectivity index (χ0n) is 17.9. The van der Waals surface area contributed by atoms with Crippen molar-refractivity contribution in [1.29, 1.82) is 0 Å². The first-order valence-electron chi connectivity index (χ1n) is 9.85. The molecule has 0 saturated carbocycles. The molecule has 3 N–H and O–H groups in total. The summed E-state index contributed by atoms with van der Waals surface area (Å²) in [5.41, 5.74) is 0. The van der Waals surface area contributed by atoms with Crippen LogP contribution in [0, 0.1) is 11.8 Å². The largest absolute Gasteiger partial charge is 0.394 e. The summed E-state index contributed by atoms with van der Waals surface area (Å²) in [4.78, 5) is 31.5. The number of epoxide rings is 1. The predicted octanol–water partition coefficient (Wildman–Crippen LogP) is 2.06.